The predicted octanol–water partition coefficient (Wildman–Crippen LogP) is 3.18. The summed E-state index contributed by atoms with van der Waals surface area (Å²) < 4.78 is 46.9. The van der Waals surface area contributed by atoms with Crippen LogP contribution in [0.15, 0.2) is 34.3 Å². The number of fused-ring (bicyclic) bond motifs is 1. The van der Waals surface area contributed by atoms with E-state index in [1.807, 2.05) is 0 Å². The van der Waals surface area contributed by atoms with Gasteiger partial charge in [-0.3, -0.25) is 0 Å². The second-order valence-corrected chi connectivity index (χ2v) is 7.66. The largest absolute Gasteiger partial charge is 0.290 e. The lowest BCUT2D eigenvalue weighted by Gasteiger charge is -2.12. The van der Waals surface area contributed by atoms with Crippen LogP contribution in [0.4, 0.5) is 8.78 Å². The topological polar surface area (TPSA) is 92.7 Å². The summed E-state index contributed by atoms with van der Waals surface area (Å²) in [5.41, 5.74) is 1.31. The number of alkyl halides is 2. The Morgan fingerprint density at radius 2 is 1.96 bits per heavy atom. The second kappa shape index (κ2) is 5.50. The number of nitrogens with zero attached hydrogens (tertiary/aromatic N) is 2. The highest BCUT2D eigenvalue weighted by Gasteiger charge is 2.43. The third-order valence-corrected chi connectivity index (χ3v) is 5.20. The first-order chi connectivity index (χ1) is 10.7. The van der Waals surface area contributed by atoms with Crippen molar-refractivity contribution < 1.29 is 13.0 Å². The maximum absolute atomic E-state index is 14.0. The average molecular weight is 356 g/mol. The Hall–Kier alpha value is -1.58. The predicted molar refractivity (Wildman–Crippen MR) is 84.8 cm³/mol. The van der Waals surface area contributed by atoms with E-state index in [9.17, 15) is 13.0 Å². The van der Waals surface area contributed by atoms with E-state index < -0.39 is 15.8 Å². The number of benzene rings is 1. The molecule has 5 nitrogen and oxygen atoms in total. The van der Waals surface area contributed by atoms with Gasteiger partial charge in [-0.25, -0.2) is 24.1 Å². The Morgan fingerprint density at radius 1 is 1.30 bits per heavy atom. The molecule has 122 valence electrons. The van der Waals surface area contributed by atoms with Crippen molar-refractivity contribution in [3.63, 3.8) is 0 Å². The van der Waals surface area contributed by atoms with Crippen LogP contribution in [0.2, 0.25) is 0 Å². The molecule has 1 aliphatic carbocycles. The normalized spacial score (nSPS) is 18.4. The van der Waals surface area contributed by atoms with Gasteiger partial charge in [-0.05, 0) is 24.8 Å². The number of nitrogens with two attached hydrogens (primary N) is 1. The summed E-state index contributed by atoms with van der Waals surface area (Å²) in [6, 6.07) is 6.12. The average Bonchev–Trinajstić information content (AvgIpc) is 2.81. The third-order valence-electron chi connectivity index (χ3n) is 3.68. The first-order valence-electron chi connectivity index (χ1n) is 6.72. The van der Waals surface area contributed by atoms with Crippen LogP contribution in [0.25, 0.3) is 11.3 Å². The molecule has 0 spiro atoms. The summed E-state index contributed by atoms with van der Waals surface area (Å²) in [4.78, 5) is 8.52. The molecule has 1 unspecified atom stereocenters. The smallest absolute Gasteiger partial charge is 0.241 e. The van der Waals surface area contributed by atoms with Gasteiger partial charge in [0.25, 0.3) is 5.92 Å². The van der Waals surface area contributed by atoms with Gasteiger partial charge in [0.15, 0.2) is 5.16 Å². The van der Waals surface area contributed by atoms with Crippen molar-refractivity contribution in [1.29, 1.82) is 4.78 Å². The summed E-state index contributed by atoms with van der Waals surface area (Å²) in [7, 11) is -3.30. The molecule has 23 heavy (non-hydrogen) atoms. The van der Waals surface area contributed by atoms with Crippen LogP contribution in [0, 0.1) is 4.78 Å². The van der Waals surface area contributed by atoms with Gasteiger partial charge in [0.2, 0.25) is 0 Å². The molecule has 3 rings (SSSR count). The number of thioether (sulfide) groups is 1. The zero-order chi connectivity index (χ0) is 16.8. The van der Waals surface area contributed by atoms with Crippen molar-refractivity contribution in [3.8, 4) is 11.3 Å². The molecule has 0 saturated heterocycles. The lowest BCUT2D eigenvalue weighted by molar-refractivity contribution is -0.00650. The lowest BCUT2D eigenvalue weighted by Crippen LogP contribution is -2.12. The molecular formula is C14H14F2N4OS2. The van der Waals surface area contributed by atoms with Crippen LogP contribution in [0.3, 0.4) is 0 Å². The Labute approximate surface area is 136 Å². The van der Waals surface area contributed by atoms with E-state index in [-0.39, 0.29) is 28.6 Å². The summed E-state index contributed by atoms with van der Waals surface area (Å²) in [6.07, 6.45) is 1.66. The van der Waals surface area contributed by atoms with E-state index in [1.165, 1.54) is 23.9 Å². The minimum atomic E-state index is -3.30. The van der Waals surface area contributed by atoms with E-state index in [0.29, 0.717) is 16.8 Å². The van der Waals surface area contributed by atoms with Crippen molar-refractivity contribution in [2.45, 2.75) is 28.8 Å². The van der Waals surface area contributed by atoms with Gasteiger partial charge in [-0.1, -0.05) is 23.9 Å². The first-order valence-corrected chi connectivity index (χ1v) is 9.57. The fourth-order valence-corrected chi connectivity index (χ4v) is 3.45. The molecule has 9 heteroatoms. The van der Waals surface area contributed by atoms with Crippen molar-refractivity contribution in [3.05, 3.63) is 35.5 Å². The Bertz CT molecular complexity index is 867. The minimum Gasteiger partial charge on any atom is -0.241 e. The molecule has 0 bridgehead atoms. The molecule has 3 N–H and O–H groups in total. The number of rotatable bonds is 3. The molecule has 1 aromatic heterocycles. The molecule has 0 fully saturated rings. The van der Waals surface area contributed by atoms with Crippen LogP contribution >= 0.6 is 11.8 Å². The highest BCUT2D eigenvalue weighted by molar-refractivity contribution is 7.98. The maximum Gasteiger partial charge on any atom is 0.290 e. The van der Waals surface area contributed by atoms with Gasteiger partial charge >= 0.3 is 0 Å². The molecule has 1 aliphatic rings. The zero-order valence-electron chi connectivity index (χ0n) is 12.2. The van der Waals surface area contributed by atoms with Gasteiger partial charge in [0.05, 0.1) is 10.6 Å². The molecule has 1 atom stereocenters. The molecule has 0 aliphatic heterocycles. The second-order valence-electron chi connectivity index (χ2n) is 5.22. The van der Waals surface area contributed by atoms with E-state index >= 15 is 0 Å². The van der Waals surface area contributed by atoms with Crippen molar-refractivity contribution in [2.24, 2.45) is 5.14 Å². The van der Waals surface area contributed by atoms with Gasteiger partial charge in [-0.15, -0.1) is 0 Å². The molecule has 1 aromatic carbocycles. The Balaban J connectivity index is 2.15. The zero-order valence-corrected chi connectivity index (χ0v) is 13.8. The summed E-state index contributed by atoms with van der Waals surface area (Å²) in [5.74, 6) is -2.94. The van der Waals surface area contributed by atoms with Crippen LogP contribution in [0.1, 0.15) is 17.7 Å². The fourth-order valence-electron chi connectivity index (χ4n) is 2.55. The van der Waals surface area contributed by atoms with Crippen molar-refractivity contribution in [1.82, 2.24) is 9.97 Å². The lowest BCUT2D eigenvalue weighted by atomic mass is 10.1. The maximum atomic E-state index is 14.0. The number of aromatic nitrogens is 2. The Kier molecular flexibility index (Phi) is 3.89. The molecule has 0 amide bonds. The highest BCUT2D eigenvalue weighted by Crippen LogP contribution is 2.44. The number of hydrogen-bond acceptors (Lipinski definition) is 5. The number of nitrogens with one attached hydrogen (secondary N) is 1. The molecule has 0 saturated carbocycles. The van der Waals surface area contributed by atoms with Crippen molar-refractivity contribution >= 4 is 21.7 Å². The van der Waals surface area contributed by atoms with E-state index in [4.69, 9.17) is 9.92 Å². The monoisotopic (exact) mass is 356 g/mol. The van der Waals surface area contributed by atoms with Crippen molar-refractivity contribution in [2.75, 3.05) is 6.26 Å². The van der Waals surface area contributed by atoms with E-state index in [1.54, 1.807) is 18.4 Å². The Morgan fingerprint density at radius 3 is 2.52 bits per heavy atom. The summed E-state index contributed by atoms with van der Waals surface area (Å²) >= 11 is 1.20. The van der Waals surface area contributed by atoms with E-state index in [0.717, 1.165) is 0 Å². The third kappa shape index (κ3) is 2.96. The summed E-state index contributed by atoms with van der Waals surface area (Å²) in [6.45, 7) is 0. The van der Waals surface area contributed by atoms with Crippen LogP contribution in [-0.2, 0) is 22.3 Å². The van der Waals surface area contributed by atoms with Crippen LogP contribution in [-0.4, -0.2) is 20.4 Å². The number of halogens is 2. The van der Waals surface area contributed by atoms with E-state index in [2.05, 4.69) is 9.97 Å². The first kappa shape index (κ1) is 16.3. The minimum absolute atomic E-state index is 0.183. The molecule has 0 radical (unpaired) electrons. The van der Waals surface area contributed by atoms with Gasteiger partial charge < -0.3 is 0 Å². The van der Waals surface area contributed by atoms with Crippen LogP contribution < -0.4 is 5.14 Å². The molecule has 1 heterocycles. The molecule has 2 aromatic rings. The van der Waals surface area contributed by atoms with Crippen LogP contribution in [0.5, 0.6) is 0 Å². The number of hydrogen-bond donors (Lipinski definition) is 2. The standard InChI is InChI=1S/C14H14F2N4OS2/c1-22-13-19-11(10-6-7-14(15,16)12(10)20-13)8-2-4-9(5-3-8)23(17,18)21/h2-5H,6-7H2,1H3,(H3,17,18,21). The quantitative estimate of drug-likeness (QED) is 0.652. The summed E-state index contributed by atoms with van der Waals surface area (Å²) in [5, 5.41) is 5.57. The van der Waals surface area contributed by atoms with Gasteiger partial charge in [0, 0.05) is 17.5 Å². The van der Waals surface area contributed by atoms with Gasteiger partial charge in [-0.2, -0.15) is 8.78 Å². The molecular weight excluding hydrogens is 342 g/mol. The fraction of sp³-hybridized carbons (Fsp3) is 0.286. The SMILES string of the molecule is CSc1nc(-c2ccc(S(=N)(N)=O)cc2)c2c(n1)C(F)(F)CC2. The highest BCUT2D eigenvalue weighted by atomic mass is 32.2. The van der Waals surface area contributed by atoms with Gasteiger partial charge in [0.1, 0.15) is 15.6 Å².